The van der Waals surface area contributed by atoms with Crippen LogP contribution in [0.1, 0.15) is 24.5 Å². The summed E-state index contributed by atoms with van der Waals surface area (Å²) in [5, 5.41) is 3.20. The number of fused-ring (bicyclic) bond motifs is 1. The van der Waals surface area contributed by atoms with E-state index in [0.717, 1.165) is 42.0 Å². The standard InChI is InChI=1S/C18H22N2O3S/c1-2-11-23-15-6-3-5-14(12-15)13-20-24(21,22)18-8-4-7-17-16(18)9-10-19-17/h3-8,12,19-20H,2,9-11,13H2,1H3. The number of benzene rings is 2. The Kier molecular flexibility index (Phi) is 5.06. The summed E-state index contributed by atoms with van der Waals surface area (Å²) in [7, 11) is -3.54. The molecule has 0 saturated heterocycles. The number of ether oxygens (including phenoxy) is 1. The van der Waals surface area contributed by atoms with E-state index >= 15 is 0 Å². The van der Waals surface area contributed by atoms with Crippen LogP contribution < -0.4 is 14.8 Å². The van der Waals surface area contributed by atoms with E-state index in [4.69, 9.17) is 4.74 Å². The van der Waals surface area contributed by atoms with Gasteiger partial charge in [-0.2, -0.15) is 0 Å². The lowest BCUT2D eigenvalue weighted by Gasteiger charge is -2.11. The van der Waals surface area contributed by atoms with E-state index in [0.29, 0.717) is 11.5 Å². The predicted octanol–water partition coefficient (Wildman–Crippen LogP) is 2.92. The molecule has 3 rings (SSSR count). The molecule has 0 aromatic heterocycles. The van der Waals surface area contributed by atoms with Crippen molar-refractivity contribution >= 4 is 15.7 Å². The highest BCUT2D eigenvalue weighted by molar-refractivity contribution is 7.89. The summed E-state index contributed by atoms with van der Waals surface area (Å²) in [4.78, 5) is 0.364. The van der Waals surface area contributed by atoms with Gasteiger partial charge in [0.1, 0.15) is 5.75 Å². The predicted molar refractivity (Wildman–Crippen MR) is 94.9 cm³/mol. The summed E-state index contributed by atoms with van der Waals surface area (Å²) < 4.78 is 33.6. The van der Waals surface area contributed by atoms with Crippen LogP contribution in [0.25, 0.3) is 0 Å². The third-order valence-corrected chi connectivity index (χ3v) is 5.44. The second-order valence-corrected chi connectivity index (χ2v) is 7.51. The molecule has 1 aliphatic rings. The van der Waals surface area contributed by atoms with Gasteiger partial charge in [-0.15, -0.1) is 0 Å². The van der Waals surface area contributed by atoms with Crippen molar-refractivity contribution in [2.75, 3.05) is 18.5 Å². The van der Waals surface area contributed by atoms with E-state index in [-0.39, 0.29) is 6.54 Å². The van der Waals surface area contributed by atoms with Crippen LogP contribution in [0.15, 0.2) is 47.4 Å². The van der Waals surface area contributed by atoms with Crippen molar-refractivity contribution in [2.24, 2.45) is 0 Å². The number of hydrogen-bond donors (Lipinski definition) is 2. The highest BCUT2D eigenvalue weighted by Gasteiger charge is 2.22. The first-order chi connectivity index (χ1) is 11.6. The van der Waals surface area contributed by atoms with Gasteiger partial charge in [0.2, 0.25) is 10.0 Å². The first kappa shape index (κ1) is 16.8. The Hall–Kier alpha value is -2.05. The Labute approximate surface area is 143 Å². The molecule has 128 valence electrons. The number of sulfonamides is 1. The van der Waals surface area contributed by atoms with Gasteiger partial charge in [-0.3, -0.25) is 0 Å². The minimum Gasteiger partial charge on any atom is -0.494 e. The number of rotatable bonds is 7. The molecule has 5 nitrogen and oxygen atoms in total. The fraction of sp³-hybridized carbons (Fsp3) is 0.333. The molecule has 0 amide bonds. The molecule has 2 aromatic rings. The van der Waals surface area contributed by atoms with Gasteiger partial charge in [-0.1, -0.05) is 25.1 Å². The lowest BCUT2D eigenvalue weighted by Crippen LogP contribution is -2.24. The first-order valence-corrected chi connectivity index (χ1v) is 9.65. The summed E-state index contributed by atoms with van der Waals surface area (Å²) >= 11 is 0. The monoisotopic (exact) mass is 346 g/mol. The molecule has 2 aromatic carbocycles. The van der Waals surface area contributed by atoms with Crippen LogP contribution in [0.2, 0.25) is 0 Å². The summed E-state index contributed by atoms with van der Waals surface area (Å²) in [6.45, 7) is 3.71. The third-order valence-electron chi connectivity index (χ3n) is 3.95. The largest absolute Gasteiger partial charge is 0.494 e. The Morgan fingerprint density at radius 1 is 1.21 bits per heavy atom. The second-order valence-electron chi connectivity index (χ2n) is 5.78. The lowest BCUT2D eigenvalue weighted by molar-refractivity contribution is 0.317. The molecule has 0 fully saturated rings. The molecular weight excluding hydrogens is 324 g/mol. The SMILES string of the molecule is CCCOc1cccc(CNS(=O)(=O)c2cccc3c2CCN3)c1. The van der Waals surface area contributed by atoms with Gasteiger partial charge in [0.15, 0.2) is 0 Å². The Balaban J connectivity index is 1.73. The second kappa shape index (κ2) is 7.23. The molecule has 0 aliphatic carbocycles. The number of hydrogen-bond acceptors (Lipinski definition) is 4. The molecule has 0 spiro atoms. The molecule has 2 N–H and O–H groups in total. The van der Waals surface area contributed by atoms with E-state index < -0.39 is 10.0 Å². The average molecular weight is 346 g/mol. The normalized spacial score (nSPS) is 13.4. The Morgan fingerprint density at radius 3 is 2.88 bits per heavy atom. The maximum Gasteiger partial charge on any atom is 0.241 e. The molecule has 0 unspecified atom stereocenters. The maximum absolute atomic E-state index is 12.7. The van der Waals surface area contributed by atoms with Gasteiger partial charge in [-0.05, 0) is 48.2 Å². The van der Waals surface area contributed by atoms with Crippen molar-refractivity contribution in [1.29, 1.82) is 0 Å². The van der Waals surface area contributed by atoms with Crippen LogP contribution >= 0.6 is 0 Å². The zero-order chi connectivity index (χ0) is 17.0. The minimum atomic E-state index is -3.54. The molecule has 0 bridgehead atoms. The minimum absolute atomic E-state index is 0.239. The van der Waals surface area contributed by atoms with Crippen LogP contribution in [0.5, 0.6) is 5.75 Å². The van der Waals surface area contributed by atoms with Crippen LogP contribution in [-0.4, -0.2) is 21.6 Å². The average Bonchev–Trinajstić information content (AvgIpc) is 3.07. The van der Waals surface area contributed by atoms with Crippen molar-refractivity contribution in [1.82, 2.24) is 4.72 Å². The van der Waals surface area contributed by atoms with Crippen LogP contribution in [0.4, 0.5) is 5.69 Å². The van der Waals surface area contributed by atoms with Crippen LogP contribution in [-0.2, 0) is 23.0 Å². The van der Waals surface area contributed by atoms with Crippen molar-refractivity contribution < 1.29 is 13.2 Å². The zero-order valence-electron chi connectivity index (χ0n) is 13.7. The lowest BCUT2D eigenvalue weighted by atomic mass is 10.2. The summed E-state index contributed by atoms with van der Waals surface area (Å²) in [6.07, 6.45) is 1.66. The Morgan fingerprint density at radius 2 is 2.04 bits per heavy atom. The smallest absolute Gasteiger partial charge is 0.241 e. The molecular formula is C18H22N2O3S. The first-order valence-electron chi connectivity index (χ1n) is 8.17. The van der Waals surface area contributed by atoms with Gasteiger partial charge >= 0.3 is 0 Å². The van der Waals surface area contributed by atoms with Gasteiger partial charge in [0.05, 0.1) is 11.5 Å². The molecule has 1 heterocycles. The molecule has 1 aliphatic heterocycles. The third kappa shape index (κ3) is 3.71. The van der Waals surface area contributed by atoms with Gasteiger partial charge < -0.3 is 10.1 Å². The van der Waals surface area contributed by atoms with E-state index in [1.54, 1.807) is 12.1 Å². The fourth-order valence-electron chi connectivity index (χ4n) is 2.78. The van der Waals surface area contributed by atoms with Crippen molar-refractivity contribution in [3.05, 3.63) is 53.6 Å². The topological polar surface area (TPSA) is 67.4 Å². The van der Waals surface area contributed by atoms with E-state index in [1.165, 1.54) is 0 Å². The zero-order valence-corrected chi connectivity index (χ0v) is 14.5. The van der Waals surface area contributed by atoms with Crippen molar-refractivity contribution in [3.8, 4) is 5.75 Å². The van der Waals surface area contributed by atoms with Crippen LogP contribution in [0, 0.1) is 0 Å². The molecule has 0 radical (unpaired) electrons. The van der Waals surface area contributed by atoms with E-state index in [2.05, 4.69) is 10.0 Å². The quantitative estimate of drug-likeness (QED) is 0.809. The van der Waals surface area contributed by atoms with Gasteiger partial charge in [-0.25, -0.2) is 13.1 Å². The molecule has 6 heteroatoms. The maximum atomic E-state index is 12.7. The van der Waals surface area contributed by atoms with Crippen molar-refractivity contribution in [3.63, 3.8) is 0 Å². The summed E-state index contributed by atoms with van der Waals surface area (Å²) in [5.74, 6) is 0.762. The molecule has 24 heavy (non-hydrogen) atoms. The highest BCUT2D eigenvalue weighted by atomic mass is 32.2. The number of nitrogens with one attached hydrogen (secondary N) is 2. The Bertz CT molecular complexity index is 819. The fourth-order valence-corrected chi connectivity index (χ4v) is 4.09. The summed E-state index contributed by atoms with van der Waals surface area (Å²) in [6, 6.07) is 12.9. The molecule has 0 saturated carbocycles. The summed E-state index contributed by atoms with van der Waals surface area (Å²) in [5.41, 5.74) is 2.65. The van der Waals surface area contributed by atoms with E-state index in [1.807, 2.05) is 37.3 Å². The number of anilines is 1. The van der Waals surface area contributed by atoms with Crippen LogP contribution in [0.3, 0.4) is 0 Å². The van der Waals surface area contributed by atoms with E-state index in [9.17, 15) is 8.42 Å². The highest BCUT2D eigenvalue weighted by Crippen LogP contribution is 2.28. The van der Waals surface area contributed by atoms with Gasteiger partial charge in [0, 0.05) is 18.8 Å². The van der Waals surface area contributed by atoms with Crippen molar-refractivity contribution in [2.45, 2.75) is 31.2 Å². The van der Waals surface area contributed by atoms with Gasteiger partial charge in [0.25, 0.3) is 0 Å². The molecule has 0 atom stereocenters.